The van der Waals surface area contributed by atoms with Crippen LogP contribution < -0.4 is 5.32 Å². The Morgan fingerprint density at radius 1 is 1.39 bits per heavy atom. The Kier molecular flexibility index (Phi) is 4.19. The molecule has 0 radical (unpaired) electrons. The minimum absolute atomic E-state index is 0.0360. The van der Waals surface area contributed by atoms with Gasteiger partial charge in [0.05, 0.1) is 25.8 Å². The highest BCUT2D eigenvalue weighted by Crippen LogP contribution is 2.21. The van der Waals surface area contributed by atoms with Crippen molar-refractivity contribution in [3.8, 4) is 0 Å². The standard InChI is InChI=1S/C12H20N2O4/c1-2-14(11(15)5-13-8-3-4-8)10-7-18-6-9(10)12(16)17/h8-10,13H,2-7H2,1H3,(H,16,17). The lowest BCUT2D eigenvalue weighted by molar-refractivity contribution is -0.144. The Hall–Kier alpha value is -1.14. The van der Waals surface area contributed by atoms with Crippen LogP contribution in [0.5, 0.6) is 0 Å². The lowest BCUT2D eigenvalue weighted by Gasteiger charge is -2.29. The van der Waals surface area contributed by atoms with E-state index in [9.17, 15) is 9.59 Å². The number of rotatable bonds is 6. The molecule has 1 amide bonds. The maximum atomic E-state index is 12.1. The third kappa shape index (κ3) is 3.00. The molecule has 1 aliphatic carbocycles. The van der Waals surface area contributed by atoms with Crippen LogP contribution in [0.25, 0.3) is 0 Å². The molecule has 0 spiro atoms. The predicted octanol–water partition coefficient (Wildman–Crippen LogP) is -0.313. The molecule has 0 aromatic heterocycles. The van der Waals surface area contributed by atoms with Crippen LogP contribution in [-0.4, -0.2) is 60.3 Å². The van der Waals surface area contributed by atoms with Crippen molar-refractivity contribution in [2.24, 2.45) is 5.92 Å². The quantitative estimate of drug-likeness (QED) is 0.681. The van der Waals surface area contributed by atoms with Crippen LogP contribution in [-0.2, 0) is 14.3 Å². The summed E-state index contributed by atoms with van der Waals surface area (Å²) in [6, 6.07) is 0.142. The molecular formula is C12H20N2O4. The molecule has 2 atom stereocenters. The molecule has 1 saturated heterocycles. The van der Waals surface area contributed by atoms with E-state index in [4.69, 9.17) is 9.84 Å². The van der Waals surface area contributed by atoms with E-state index in [1.54, 1.807) is 4.90 Å². The first-order valence-electron chi connectivity index (χ1n) is 6.47. The van der Waals surface area contributed by atoms with Crippen molar-refractivity contribution in [2.75, 3.05) is 26.3 Å². The molecule has 0 bridgehead atoms. The number of hydrogen-bond acceptors (Lipinski definition) is 4. The molecule has 2 rings (SSSR count). The Morgan fingerprint density at radius 3 is 2.67 bits per heavy atom. The van der Waals surface area contributed by atoms with Crippen molar-refractivity contribution in [1.82, 2.24) is 10.2 Å². The summed E-state index contributed by atoms with van der Waals surface area (Å²) in [7, 11) is 0. The summed E-state index contributed by atoms with van der Waals surface area (Å²) in [5.74, 6) is -1.53. The molecule has 0 aromatic rings. The summed E-state index contributed by atoms with van der Waals surface area (Å²) < 4.78 is 5.21. The molecule has 2 fully saturated rings. The first-order chi connectivity index (χ1) is 8.63. The zero-order chi connectivity index (χ0) is 13.1. The van der Waals surface area contributed by atoms with Crippen molar-refractivity contribution in [2.45, 2.75) is 31.8 Å². The van der Waals surface area contributed by atoms with Gasteiger partial charge in [-0.15, -0.1) is 0 Å². The SMILES string of the molecule is CCN(C(=O)CNC1CC1)C1COCC1C(=O)O. The number of hydrogen-bond donors (Lipinski definition) is 2. The van der Waals surface area contributed by atoms with Gasteiger partial charge < -0.3 is 20.1 Å². The summed E-state index contributed by atoms with van der Waals surface area (Å²) in [5, 5.41) is 12.3. The molecule has 2 aliphatic rings. The van der Waals surface area contributed by atoms with E-state index in [-0.39, 0.29) is 18.6 Å². The Balaban J connectivity index is 1.92. The monoisotopic (exact) mass is 256 g/mol. The number of aliphatic carboxylic acids is 1. The van der Waals surface area contributed by atoms with Gasteiger partial charge in [-0.25, -0.2) is 0 Å². The van der Waals surface area contributed by atoms with Crippen LogP contribution in [0, 0.1) is 5.92 Å². The number of carbonyl (C=O) groups is 2. The van der Waals surface area contributed by atoms with Crippen LogP contribution in [0.15, 0.2) is 0 Å². The molecule has 1 aliphatic heterocycles. The van der Waals surface area contributed by atoms with Crippen molar-refractivity contribution in [3.63, 3.8) is 0 Å². The van der Waals surface area contributed by atoms with Gasteiger partial charge in [0.15, 0.2) is 0 Å². The fraction of sp³-hybridized carbons (Fsp3) is 0.833. The number of amides is 1. The predicted molar refractivity (Wildman–Crippen MR) is 64.1 cm³/mol. The minimum Gasteiger partial charge on any atom is -0.481 e. The third-order valence-electron chi connectivity index (χ3n) is 3.55. The largest absolute Gasteiger partial charge is 0.481 e. The highest BCUT2D eigenvalue weighted by Gasteiger charge is 2.39. The fourth-order valence-electron chi connectivity index (χ4n) is 2.30. The lowest BCUT2D eigenvalue weighted by Crippen LogP contribution is -2.49. The van der Waals surface area contributed by atoms with Crippen molar-refractivity contribution in [1.29, 1.82) is 0 Å². The molecule has 2 N–H and O–H groups in total. The number of ether oxygens (including phenoxy) is 1. The number of carboxylic acids is 1. The fourth-order valence-corrected chi connectivity index (χ4v) is 2.30. The van der Waals surface area contributed by atoms with E-state index in [1.807, 2.05) is 6.92 Å². The van der Waals surface area contributed by atoms with Crippen LogP contribution in [0.1, 0.15) is 19.8 Å². The van der Waals surface area contributed by atoms with Gasteiger partial charge in [-0.05, 0) is 19.8 Å². The molecule has 0 aromatic carbocycles. The number of likely N-dealkylation sites (N-methyl/N-ethyl adjacent to an activating group) is 1. The second-order valence-corrected chi connectivity index (χ2v) is 4.88. The van der Waals surface area contributed by atoms with Crippen molar-refractivity contribution >= 4 is 11.9 Å². The van der Waals surface area contributed by atoms with E-state index >= 15 is 0 Å². The van der Waals surface area contributed by atoms with Gasteiger partial charge in [-0.1, -0.05) is 0 Å². The van der Waals surface area contributed by atoms with Gasteiger partial charge in [0.25, 0.3) is 0 Å². The van der Waals surface area contributed by atoms with Crippen molar-refractivity contribution in [3.05, 3.63) is 0 Å². The van der Waals surface area contributed by atoms with Gasteiger partial charge in [0, 0.05) is 12.6 Å². The summed E-state index contributed by atoms with van der Waals surface area (Å²) in [5.41, 5.74) is 0. The highest BCUT2D eigenvalue weighted by molar-refractivity contribution is 5.80. The van der Waals surface area contributed by atoms with Gasteiger partial charge in [-0.3, -0.25) is 9.59 Å². The number of nitrogens with one attached hydrogen (secondary N) is 1. The third-order valence-corrected chi connectivity index (χ3v) is 3.55. The topological polar surface area (TPSA) is 78.9 Å². The number of carboxylic acid groups (broad SMARTS) is 1. The summed E-state index contributed by atoms with van der Waals surface area (Å²) >= 11 is 0. The Morgan fingerprint density at radius 2 is 2.11 bits per heavy atom. The first-order valence-corrected chi connectivity index (χ1v) is 6.47. The van der Waals surface area contributed by atoms with E-state index in [1.165, 1.54) is 0 Å². The summed E-state index contributed by atoms with van der Waals surface area (Å²) in [4.78, 5) is 24.8. The van der Waals surface area contributed by atoms with Crippen LogP contribution >= 0.6 is 0 Å². The average Bonchev–Trinajstić information content (AvgIpc) is 3.04. The molecule has 1 heterocycles. The molecular weight excluding hydrogens is 236 g/mol. The summed E-state index contributed by atoms with van der Waals surface area (Å²) in [6.07, 6.45) is 2.26. The first kappa shape index (κ1) is 13.3. The van der Waals surface area contributed by atoms with Crippen LogP contribution in [0.4, 0.5) is 0 Å². The second kappa shape index (κ2) is 5.67. The van der Waals surface area contributed by atoms with E-state index < -0.39 is 11.9 Å². The molecule has 102 valence electrons. The molecule has 6 nitrogen and oxygen atoms in total. The second-order valence-electron chi connectivity index (χ2n) is 4.88. The zero-order valence-corrected chi connectivity index (χ0v) is 10.6. The van der Waals surface area contributed by atoms with Crippen LogP contribution in [0.2, 0.25) is 0 Å². The van der Waals surface area contributed by atoms with E-state index in [0.29, 0.717) is 25.7 Å². The molecule has 2 unspecified atom stereocenters. The highest BCUT2D eigenvalue weighted by atomic mass is 16.5. The lowest BCUT2D eigenvalue weighted by atomic mass is 10.0. The van der Waals surface area contributed by atoms with Crippen LogP contribution in [0.3, 0.4) is 0 Å². The summed E-state index contributed by atoms with van der Waals surface area (Å²) in [6.45, 7) is 3.19. The maximum absolute atomic E-state index is 12.1. The zero-order valence-electron chi connectivity index (χ0n) is 10.6. The smallest absolute Gasteiger partial charge is 0.311 e. The molecule has 6 heteroatoms. The Bertz CT molecular complexity index is 330. The normalized spacial score (nSPS) is 27.2. The number of nitrogens with zero attached hydrogens (tertiary/aromatic N) is 1. The average molecular weight is 256 g/mol. The number of carbonyl (C=O) groups excluding carboxylic acids is 1. The van der Waals surface area contributed by atoms with Gasteiger partial charge in [-0.2, -0.15) is 0 Å². The van der Waals surface area contributed by atoms with E-state index in [2.05, 4.69) is 5.32 Å². The molecule has 1 saturated carbocycles. The van der Waals surface area contributed by atoms with Gasteiger partial charge >= 0.3 is 5.97 Å². The Labute approximate surface area is 106 Å². The van der Waals surface area contributed by atoms with Crippen molar-refractivity contribution < 1.29 is 19.4 Å². The molecule has 18 heavy (non-hydrogen) atoms. The van der Waals surface area contributed by atoms with E-state index in [0.717, 1.165) is 12.8 Å². The maximum Gasteiger partial charge on any atom is 0.311 e. The van der Waals surface area contributed by atoms with Gasteiger partial charge in [0.1, 0.15) is 5.92 Å². The minimum atomic E-state index is -0.890. The van der Waals surface area contributed by atoms with Gasteiger partial charge in [0.2, 0.25) is 5.91 Å².